The van der Waals surface area contributed by atoms with Gasteiger partial charge in [-0.1, -0.05) is 41.4 Å². The molecular weight excluding hydrogens is 311 g/mol. The smallest absolute Gasteiger partial charge is 0.261 e. The van der Waals surface area contributed by atoms with Gasteiger partial charge in [0.05, 0.1) is 18.1 Å². The fourth-order valence-electron chi connectivity index (χ4n) is 1.77. The zero-order chi connectivity index (χ0) is 15.2. The highest BCUT2D eigenvalue weighted by Gasteiger charge is 2.21. The molecule has 1 aromatic heterocycles. The first-order chi connectivity index (χ1) is 10.1. The van der Waals surface area contributed by atoms with Crippen LogP contribution >= 0.6 is 23.2 Å². The molecule has 0 aliphatic carbocycles. The van der Waals surface area contributed by atoms with Gasteiger partial charge in [-0.2, -0.15) is 5.26 Å². The lowest BCUT2D eigenvalue weighted by atomic mass is 10.2. The van der Waals surface area contributed by atoms with Gasteiger partial charge in [0.25, 0.3) is 5.91 Å². The summed E-state index contributed by atoms with van der Waals surface area (Å²) in [6.45, 7) is 0.246. The quantitative estimate of drug-likeness (QED) is 0.866. The number of hydrogen-bond donors (Lipinski definition) is 0. The van der Waals surface area contributed by atoms with E-state index in [0.29, 0.717) is 5.69 Å². The molecule has 0 unspecified atom stereocenters. The Kier molecular flexibility index (Phi) is 5.09. The third kappa shape index (κ3) is 3.69. The molecule has 7 heteroatoms. The molecule has 2 aromatic rings. The van der Waals surface area contributed by atoms with E-state index in [-0.39, 0.29) is 34.7 Å². The van der Waals surface area contributed by atoms with Gasteiger partial charge in [-0.3, -0.25) is 4.79 Å². The number of carbonyl (C=O) groups excluding carboxylic acids is 1. The monoisotopic (exact) mass is 320 g/mol. The van der Waals surface area contributed by atoms with Crippen LogP contribution < -0.4 is 4.90 Å². The van der Waals surface area contributed by atoms with E-state index in [1.165, 1.54) is 11.0 Å². The van der Waals surface area contributed by atoms with Crippen LogP contribution in [0.5, 0.6) is 0 Å². The SMILES string of the molecule is N#CCCN(C(=O)c1cc(Cl)nnc1Cl)c1ccccc1. The first-order valence-corrected chi connectivity index (χ1v) is 6.81. The Hall–Kier alpha value is -2.16. The van der Waals surface area contributed by atoms with E-state index in [0.717, 1.165) is 0 Å². The summed E-state index contributed by atoms with van der Waals surface area (Å²) in [5, 5.41) is 16.0. The molecule has 0 bridgehead atoms. The van der Waals surface area contributed by atoms with Gasteiger partial charge in [0.15, 0.2) is 10.3 Å². The van der Waals surface area contributed by atoms with Gasteiger partial charge in [0.1, 0.15) is 0 Å². The van der Waals surface area contributed by atoms with Crippen LogP contribution in [0.1, 0.15) is 16.8 Å². The molecule has 2 rings (SSSR count). The van der Waals surface area contributed by atoms with Crippen molar-refractivity contribution in [1.82, 2.24) is 10.2 Å². The summed E-state index contributed by atoms with van der Waals surface area (Å²) in [7, 11) is 0. The van der Waals surface area contributed by atoms with Crippen LogP contribution in [0.2, 0.25) is 10.3 Å². The number of halogens is 2. The van der Waals surface area contributed by atoms with Crippen molar-refractivity contribution >= 4 is 34.8 Å². The van der Waals surface area contributed by atoms with E-state index in [2.05, 4.69) is 10.2 Å². The molecule has 0 saturated heterocycles. The molecule has 0 aliphatic rings. The topological polar surface area (TPSA) is 69.9 Å². The van der Waals surface area contributed by atoms with E-state index >= 15 is 0 Å². The molecule has 0 aliphatic heterocycles. The van der Waals surface area contributed by atoms with Crippen LogP contribution in [0.4, 0.5) is 5.69 Å². The number of nitrogens with zero attached hydrogens (tertiary/aromatic N) is 4. The number of hydrogen-bond acceptors (Lipinski definition) is 4. The normalized spacial score (nSPS) is 9.95. The fraction of sp³-hybridized carbons (Fsp3) is 0.143. The summed E-state index contributed by atoms with van der Waals surface area (Å²) in [5.74, 6) is -0.377. The number of amides is 1. The second kappa shape index (κ2) is 7.02. The molecule has 106 valence electrons. The van der Waals surface area contributed by atoms with Gasteiger partial charge >= 0.3 is 0 Å². The molecule has 21 heavy (non-hydrogen) atoms. The number of carbonyl (C=O) groups is 1. The summed E-state index contributed by atoms with van der Waals surface area (Å²) in [6.07, 6.45) is 0.199. The number of para-hydroxylation sites is 1. The Bertz CT molecular complexity index is 685. The van der Waals surface area contributed by atoms with Crippen molar-refractivity contribution in [2.75, 3.05) is 11.4 Å². The van der Waals surface area contributed by atoms with Crippen molar-refractivity contribution < 1.29 is 4.79 Å². The van der Waals surface area contributed by atoms with Gasteiger partial charge in [0, 0.05) is 12.2 Å². The minimum absolute atomic E-state index is 0.0257. The van der Waals surface area contributed by atoms with Crippen molar-refractivity contribution in [1.29, 1.82) is 5.26 Å². The molecule has 0 spiro atoms. The zero-order valence-corrected chi connectivity index (χ0v) is 12.3. The summed E-state index contributed by atoms with van der Waals surface area (Å²) >= 11 is 11.7. The highest BCUT2D eigenvalue weighted by molar-refractivity contribution is 6.34. The molecular formula is C14H10Cl2N4O. The highest BCUT2D eigenvalue weighted by atomic mass is 35.5. The lowest BCUT2D eigenvalue weighted by Crippen LogP contribution is -2.32. The summed E-state index contributed by atoms with van der Waals surface area (Å²) < 4.78 is 0. The first kappa shape index (κ1) is 15.2. The van der Waals surface area contributed by atoms with Crippen LogP contribution in [0.15, 0.2) is 36.4 Å². The van der Waals surface area contributed by atoms with Crippen LogP contribution in [-0.2, 0) is 0 Å². The number of rotatable bonds is 4. The molecule has 1 aromatic carbocycles. The summed E-state index contributed by atoms with van der Waals surface area (Å²) in [6, 6.07) is 12.4. The Morgan fingerprint density at radius 1 is 1.24 bits per heavy atom. The minimum atomic E-state index is -0.377. The van der Waals surface area contributed by atoms with Crippen LogP contribution in [0, 0.1) is 11.3 Å². The van der Waals surface area contributed by atoms with Crippen LogP contribution in [0.25, 0.3) is 0 Å². The molecule has 0 N–H and O–H groups in total. The van der Waals surface area contributed by atoms with Gasteiger partial charge in [-0.25, -0.2) is 0 Å². The molecule has 5 nitrogen and oxygen atoms in total. The second-order valence-electron chi connectivity index (χ2n) is 4.07. The van der Waals surface area contributed by atoms with Crippen LogP contribution in [-0.4, -0.2) is 22.6 Å². The number of aromatic nitrogens is 2. The largest absolute Gasteiger partial charge is 0.307 e. The number of anilines is 1. The van der Waals surface area contributed by atoms with Crippen molar-refractivity contribution in [3.05, 3.63) is 52.3 Å². The number of benzene rings is 1. The Morgan fingerprint density at radius 3 is 2.62 bits per heavy atom. The van der Waals surface area contributed by atoms with Crippen LogP contribution in [0.3, 0.4) is 0 Å². The van der Waals surface area contributed by atoms with Crippen molar-refractivity contribution in [3.63, 3.8) is 0 Å². The van der Waals surface area contributed by atoms with Gasteiger partial charge in [-0.05, 0) is 18.2 Å². The maximum Gasteiger partial charge on any atom is 0.261 e. The van der Waals surface area contributed by atoms with Gasteiger partial charge < -0.3 is 4.90 Å². The maximum atomic E-state index is 12.6. The Morgan fingerprint density at radius 2 is 1.95 bits per heavy atom. The first-order valence-electron chi connectivity index (χ1n) is 6.06. The second-order valence-corrected chi connectivity index (χ2v) is 4.82. The molecule has 0 atom stereocenters. The average molecular weight is 321 g/mol. The standard InChI is InChI=1S/C14H10Cl2N4O/c15-12-9-11(13(16)19-18-12)14(21)20(8-4-7-17)10-5-2-1-3-6-10/h1-3,5-6,9H,4,8H2. The Labute approximate surface area is 131 Å². The average Bonchev–Trinajstić information content (AvgIpc) is 2.51. The van der Waals surface area contributed by atoms with Crippen molar-refractivity contribution in [3.8, 4) is 6.07 Å². The molecule has 1 amide bonds. The molecule has 0 fully saturated rings. The lowest BCUT2D eigenvalue weighted by molar-refractivity contribution is 0.0987. The van der Waals surface area contributed by atoms with Gasteiger partial charge in [-0.15, -0.1) is 10.2 Å². The predicted octanol–water partition coefficient (Wildman–Crippen LogP) is 3.34. The van der Waals surface area contributed by atoms with E-state index < -0.39 is 0 Å². The van der Waals surface area contributed by atoms with Crippen molar-refractivity contribution in [2.24, 2.45) is 0 Å². The van der Waals surface area contributed by atoms with E-state index in [9.17, 15) is 4.79 Å². The Balaban J connectivity index is 2.39. The van der Waals surface area contributed by atoms with Gasteiger partial charge in [0.2, 0.25) is 0 Å². The molecule has 0 saturated carbocycles. The number of nitriles is 1. The lowest BCUT2D eigenvalue weighted by Gasteiger charge is -2.22. The highest BCUT2D eigenvalue weighted by Crippen LogP contribution is 2.22. The molecule has 1 heterocycles. The third-order valence-corrected chi connectivity index (χ3v) is 3.17. The van der Waals surface area contributed by atoms with E-state index in [1.54, 1.807) is 24.3 Å². The zero-order valence-electron chi connectivity index (χ0n) is 10.8. The maximum absolute atomic E-state index is 12.6. The van der Waals surface area contributed by atoms with E-state index in [4.69, 9.17) is 28.5 Å². The third-order valence-electron chi connectivity index (χ3n) is 2.71. The summed E-state index contributed by atoms with van der Waals surface area (Å²) in [4.78, 5) is 14.1. The predicted molar refractivity (Wildman–Crippen MR) is 80.4 cm³/mol. The molecule has 0 radical (unpaired) electrons. The van der Waals surface area contributed by atoms with E-state index in [1.807, 2.05) is 12.1 Å². The fourth-order valence-corrected chi connectivity index (χ4v) is 2.09. The summed E-state index contributed by atoms with van der Waals surface area (Å²) in [5.41, 5.74) is 0.820. The van der Waals surface area contributed by atoms with Crippen molar-refractivity contribution in [2.45, 2.75) is 6.42 Å². The minimum Gasteiger partial charge on any atom is -0.307 e.